The Morgan fingerprint density at radius 1 is 0.344 bits per heavy atom. The summed E-state index contributed by atoms with van der Waals surface area (Å²) in [4.78, 5) is 104. The Balaban J connectivity index is 5.72. The number of ether oxygens (including phenoxy) is 8. The molecule has 0 saturated heterocycles. The Hall–Kier alpha value is -6.20. The monoisotopic (exact) mass is 904 g/mol. The van der Waals surface area contributed by atoms with Gasteiger partial charge >= 0.3 is 48.0 Å². The molecule has 0 fully saturated rings. The van der Waals surface area contributed by atoms with E-state index in [1.54, 1.807) is 13.8 Å². The smallest absolute Gasteiger partial charge is 0.409 e. The average Bonchev–Trinajstić information content (AvgIpc) is 3.24. The number of nitrogens with zero attached hydrogens (tertiary/aromatic N) is 2. The van der Waals surface area contributed by atoms with Crippen LogP contribution in [0.1, 0.15) is 81.1 Å². The van der Waals surface area contributed by atoms with Crippen molar-refractivity contribution < 1.29 is 76.3 Å². The predicted octanol–water partition coefficient (Wildman–Crippen LogP) is 6.15. The topological polar surface area (TPSA) is 217 Å². The second-order valence-electron chi connectivity index (χ2n) is 15.8. The maximum atomic E-state index is 13.3. The van der Waals surface area contributed by atoms with Crippen LogP contribution in [0.5, 0.6) is 0 Å². The van der Waals surface area contributed by atoms with Crippen molar-refractivity contribution in [3.63, 3.8) is 0 Å². The van der Waals surface area contributed by atoms with Crippen molar-refractivity contribution in [1.82, 2.24) is 9.80 Å². The zero-order chi connectivity index (χ0) is 49.2. The summed E-state index contributed by atoms with van der Waals surface area (Å²) in [7, 11) is 0. The van der Waals surface area contributed by atoms with Crippen molar-refractivity contribution in [3.05, 3.63) is 72.9 Å². The molecule has 0 bridgehead atoms. The summed E-state index contributed by atoms with van der Waals surface area (Å²) in [5.74, 6) is -4.58. The number of esters is 6. The van der Waals surface area contributed by atoms with Gasteiger partial charge in [0.05, 0.1) is 0 Å². The van der Waals surface area contributed by atoms with Crippen LogP contribution in [0.3, 0.4) is 0 Å². The van der Waals surface area contributed by atoms with Crippen LogP contribution < -0.4 is 0 Å². The third-order valence-electron chi connectivity index (χ3n) is 9.04. The van der Waals surface area contributed by atoms with E-state index in [0.717, 1.165) is 0 Å². The molecule has 0 aliphatic heterocycles. The molecular weight excluding hydrogens is 837 g/mol. The number of unbranched alkanes of at least 4 members (excludes halogenated alkanes) is 3. The van der Waals surface area contributed by atoms with E-state index >= 15 is 0 Å². The Bertz CT molecular complexity index is 1490. The molecule has 18 nitrogen and oxygen atoms in total. The highest BCUT2D eigenvalue weighted by atomic mass is 16.6. The number of rotatable bonds is 31. The van der Waals surface area contributed by atoms with Crippen LogP contribution in [0.25, 0.3) is 0 Å². The van der Waals surface area contributed by atoms with Gasteiger partial charge in [-0.15, -0.1) is 0 Å². The van der Waals surface area contributed by atoms with Gasteiger partial charge in [0.25, 0.3) is 0 Å². The molecule has 358 valence electrons. The van der Waals surface area contributed by atoms with E-state index in [-0.39, 0.29) is 46.5 Å². The minimum absolute atomic E-state index is 0.0848. The molecule has 64 heavy (non-hydrogen) atoms. The Labute approximate surface area is 377 Å². The van der Waals surface area contributed by atoms with Crippen LogP contribution in [0.2, 0.25) is 0 Å². The molecule has 0 unspecified atom stereocenters. The second kappa shape index (κ2) is 29.2. The van der Waals surface area contributed by atoms with Gasteiger partial charge in [0.2, 0.25) is 0 Å². The number of hydrogen-bond acceptors (Lipinski definition) is 16. The van der Waals surface area contributed by atoms with Crippen molar-refractivity contribution in [3.8, 4) is 0 Å². The first-order valence-corrected chi connectivity index (χ1v) is 20.7. The summed E-state index contributed by atoms with van der Waals surface area (Å²) in [6.45, 7) is 30.9. The summed E-state index contributed by atoms with van der Waals surface area (Å²) in [5, 5.41) is 0. The molecule has 0 saturated carbocycles. The van der Waals surface area contributed by atoms with Gasteiger partial charge in [0.15, 0.2) is 0 Å². The predicted molar refractivity (Wildman–Crippen MR) is 235 cm³/mol. The van der Waals surface area contributed by atoms with E-state index in [1.807, 2.05) is 0 Å². The summed E-state index contributed by atoms with van der Waals surface area (Å²) in [6.07, 6.45) is 0.998. The first-order chi connectivity index (χ1) is 29.9. The summed E-state index contributed by atoms with van der Waals surface area (Å²) < 4.78 is 43.5. The first kappa shape index (κ1) is 57.8. The molecule has 0 aromatic carbocycles. The number of amides is 2. The fourth-order valence-electron chi connectivity index (χ4n) is 4.88. The molecule has 0 aromatic rings. The van der Waals surface area contributed by atoms with Gasteiger partial charge in [-0.25, -0.2) is 38.4 Å². The van der Waals surface area contributed by atoms with E-state index in [2.05, 4.69) is 39.5 Å². The highest BCUT2D eigenvalue weighted by Crippen LogP contribution is 2.25. The fourth-order valence-corrected chi connectivity index (χ4v) is 4.88. The van der Waals surface area contributed by atoms with E-state index in [9.17, 15) is 38.4 Å². The molecule has 18 heteroatoms. The van der Waals surface area contributed by atoms with Gasteiger partial charge in [-0.2, -0.15) is 0 Å². The van der Waals surface area contributed by atoms with Gasteiger partial charge in [0.1, 0.15) is 63.7 Å². The zero-order valence-corrected chi connectivity index (χ0v) is 39.0. The molecule has 0 atom stereocenters. The molecule has 0 aromatic heterocycles. The average molecular weight is 905 g/mol. The lowest BCUT2D eigenvalue weighted by atomic mass is 9.92. The number of hydrogen-bond donors (Lipinski definition) is 0. The molecule has 0 radical (unpaired) electrons. The van der Waals surface area contributed by atoms with Crippen LogP contribution in [0.4, 0.5) is 9.59 Å². The van der Waals surface area contributed by atoms with E-state index in [4.69, 9.17) is 37.9 Å². The normalized spacial score (nSPS) is 10.8. The maximum absolute atomic E-state index is 13.3. The van der Waals surface area contributed by atoms with E-state index in [1.165, 1.54) is 51.3 Å². The van der Waals surface area contributed by atoms with Crippen LogP contribution in [-0.2, 0) is 66.7 Å². The number of carbonyl (C=O) groups excluding carboxylic acids is 8. The summed E-state index contributed by atoms with van der Waals surface area (Å²) in [6, 6.07) is 0. The largest absolute Gasteiger partial charge is 0.461 e. The minimum atomic E-state index is -1.50. The summed E-state index contributed by atoms with van der Waals surface area (Å²) in [5.41, 5.74) is -2.50. The van der Waals surface area contributed by atoms with Crippen molar-refractivity contribution >= 4 is 48.0 Å². The molecule has 0 N–H and O–H groups in total. The van der Waals surface area contributed by atoms with Crippen LogP contribution in [0, 0.1) is 10.8 Å². The van der Waals surface area contributed by atoms with Crippen molar-refractivity contribution in [2.24, 2.45) is 10.8 Å². The molecule has 0 aliphatic carbocycles. The van der Waals surface area contributed by atoms with Crippen molar-refractivity contribution in [1.29, 1.82) is 0 Å². The highest BCUT2D eigenvalue weighted by Gasteiger charge is 2.40. The first-order valence-electron chi connectivity index (χ1n) is 20.7. The van der Waals surface area contributed by atoms with Gasteiger partial charge < -0.3 is 47.7 Å². The van der Waals surface area contributed by atoms with Crippen LogP contribution >= 0.6 is 0 Å². The highest BCUT2D eigenvalue weighted by molar-refractivity contribution is 5.89. The van der Waals surface area contributed by atoms with E-state index < -0.39 is 112 Å². The van der Waals surface area contributed by atoms with E-state index in [0.29, 0.717) is 38.8 Å². The minimum Gasteiger partial charge on any atom is -0.461 e. The van der Waals surface area contributed by atoms with Crippen molar-refractivity contribution in [2.45, 2.75) is 81.1 Å². The van der Waals surface area contributed by atoms with Gasteiger partial charge in [-0.05, 0) is 68.2 Å². The lowest BCUT2D eigenvalue weighted by molar-refractivity contribution is -0.163. The Kier molecular flexibility index (Phi) is 26.4. The maximum Gasteiger partial charge on any atom is 0.409 e. The quantitative estimate of drug-likeness (QED) is 0.0330. The lowest BCUT2D eigenvalue weighted by Gasteiger charge is -2.32. The lowest BCUT2D eigenvalue weighted by Crippen LogP contribution is -2.45. The number of carbonyl (C=O) groups is 8. The molecule has 0 spiro atoms. The standard InChI is InChI=1S/C46H68N2O16/c1-15-47(43(55)63-29-45(23-57-37(49)31(3)4,24-58-38(50)32(5)6)25-59-39(51)33(7)8)21-19-17-18-20-22-48(16-2)44(56)64-30-46(26-60-40(52)34(9)10,27-61-41(53)35(11)12)28-62-42(54)36(13)14/h3,5,7,9,11,13,15-30H2,1-2,4,6,8,10,12,14H3. The van der Waals surface area contributed by atoms with Gasteiger partial charge in [-0.3, -0.25) is 0 Å². The second-order valence-corrected chi connectivity index (χ2v) is 15.8. The summed E-state index contributed by atoms with van der Waals surface area (Å²) >= 11 is 0. The van der Waals surface area contributed by atoms with Gasteiger partial charge in [0, 0.05) is 59.6 Å². The molecule has 0 rings (SSSR count). The fraction of sp³-hybridized carbons (Fsp3) is 0.565. The third kappa shape index (κ3) is 22.2. The van der Waals surface area contributed by atoms with Gasteiger partial charge in [-0.1, -0.05) is 52.3 Å². The third-order valence-corrected chi connectivity index (χ3v) is 9.04. The SMILES string of the molecule is C=C(C)C(=O)OCC(COC(=O)C(=C)C)(COC(=O)C(=C)C)COC(=O)N(CC)CCCCCCN(CC)C(=O)OCC(COC(=O)C(=C)C)(COC(=O)C(=C)C)COC(=O)C(=C)C. The van der Waals surface area contributed by atoms with Crippen molar-refractivity contribution in [2.75, 3.05) is 79.0 Å². The Morgan fingerprint density at radius 2 is 0.531 bits per heavy atom. The molecule has 2 amide bonds. The molecule has 0 heterocycles. The Morgan fingerprint density at radius 3 is 0.703 bits per heavy atom. The molecular formula is C46H68N2O16. The zero-order valence-electron chi connectivity index (χ0n) is 39.0. The van der Waals surface area contributed by atoms with Crippen LogP contribution in [-0.4, -0.2) is 137 Å². The van der Waals surface area contributed by atoms with Crippen LogP contribution in [0.15, 0.2) is 72.9 Å². The molecule has 0 aliphatic rings.